The molecule has 3 rings (SSSR count). The van der Waals surface area contributed by atoms with Crippen LogP contribution in [0.3, 0.4) is 0 Å². The summed E-state index contributed by atoms with van der Waals surface area (Å²) >= 11 is 7.20. The second kappa shape index (κ2) is 8.77. The molecule has 0 unspecified atom stereocenters. The van der Waals surface area contributed by atoms with Crippen molar-refractivity contribution in [2.24, 2.45) is 0 Å². The lowest BCUT2D eigenvalue weighted by atomic mass is 10.3. The van der Waals surface area contributed by atoms with Gasteiger partial charge in [-0.05, 0) is 30.3 Å². The number of methoxy groups -OCH3 is 1. The Bertz CT molecular complexity index is 1010. The summed E-state index contributed by atoms with van der Waals surface area (Å²) < 4.78 is 6.96. The second-order valence-corrected chi connectivity index (χ2v) is 6.91. The van der Waals surface area contributed by atoms with Gasteiger partial charge in [-0.15, -0.1) is 0 Å². The van der Waals surface area contributed by atoms with Crippen molar-refractivity contribution in [3.05, 3.63) is 70.0 Å². The van der Waals surface area contributed by atoms with E-state index in [0.29, 0.717) is 27.3 Å². The van der Waals surface area contributed by atoms with Gasteiger partial charge < -0.3 is 10.1 Å². The van der Waals surface area contributed by atoms with Gasteiger partial charge in [0.2, 0.25) is 5.91 Å². The number of thioether (sulfide) groups is 1. The van der Waals surface area contributed by atoms with E-state index in [1.807, 2.05) is 0 Å². The Morgan fingerprint density at radius 1 is 1.32 bits per heavy atom. The Labute approximate surface area is 169 Å². The smallest absolute Gasteiger partial charge is 0.269 e. The van der Waals surface area contributed by atoms with Crippen molar-refractivity contribution < 1.29 is 14.5 Å². The molecule has 28 heavy (non-hydrogen) atoms. The van der Waals surface area contributed by atoms with Gasteiger partial charge in [0.15, 0.2) is 5.16 Å². The predicted octanol–water partition coefficient (Wildman–Crippen LogP) is 4.17. The number of nitrogens with one attached hydrogen (secondary N) is 1. The first-order chi connectivity index (χ1) is 13.5. The fraction of sp³-hybridized carbons (Fsp3) is 0.111. The summed E-state index contributed by atoms with van der Waals surface area (Å²) in [6.45, 7) is 0. The van der Waals surface area contributed by atoms with Gasteiger partial charge in [0.05, 0.1) is 23.5 Å². The second-order valence-electron chi connectivity index (χ2n) is 5.53. The van der Waals surface area contributed by atoms with E-state index in [2.05, 4.69) is 10.3 Å². The fourth-order valence-electron chi connectivity index (χ4n) is 2.42. The molecule has 0 atom stereocenters. The molecule has 0 aliphatic rings. The van der Waals surface area contributed by atoms with Gasteiger partial charge in [0.25, 0.3) is 5.69 Å². The molecule has 0 aliphatic heterocycles. The van der Waals surface area contributed by atoms with Crippen LogP contribution < -0.4 is 10.1 Å². The molecule has 1 N–H and O–H groups in total. The number of amides is 1. The third-order valence-electron chi connectivity index (χ3n) is 3.71. The Morgan fingerprint density at radius 2 is 2.07 bits per heavy atom. The van der Waals surface area contributed by atoms with E-state index >= 15 is 0 Å². The van der Waals surface area contributed by atoms with Crippen LogP contribution in [-0.2, 0) is 4.79 Å². The Balaban J connectivity index is 1.67. The largest absolute Gasteiger partial charge is 0.495 e. The number of nitro benzene ring substituents is 1. The molecule has 0 bridgehead atoms. The van der Waals surface area contributed by atoms with Crippen LogP contribution in [0.15, 0.2) is 60.0 Å². The molecule has 0 spiro atoms. The maximum absolute atomic E-state index is 12.3. The normalized spacial score (nSPS) is 10.5. The van der Waals surface area contributed by atoms with Crippen LogP contribution in [0.25, 0.3) is 5.69 Å². The number of non-ortho nitro benzene ring substituents is 1. The van der Waals surface area contributed by atoms with Crippen LogP contribution in [0.2, 0.25) is 5.02 Å². The highest BCUT2D eigenvalue weighted by Crippen LogP contribution is 2.28. The van der Waals surface area contributed by atoms with Crippen molar-refractivity contribution in [3.8, 4) is 11.4 Å². The quantitative estimate of drug-likeness (QED) is 0.351. The fourth-order valence-corrected chi connectivity index (χ4v) is 3.37. The van der Waals surface area contributed by atoms with Crippen LogP contribution in [0, 0.1) is 10.1 Å². The maximum Gasteiger partial charge on any atom is 0.269 e. The molecule has 8 nitrogen and oxygen atoms in total. The van der Waals surface area contributed by atoms with Gasteiger partial charge in [-0.25, -0.2) is 4.98 Å². The summed E-state index contributed by atoms with van der Waals surface area (Å²) in [4.78, 5) is 26.9. The highest BCUT2D eigenvalue weighted by atomic mass is 35.5. The number of nitrogens with zero attached hydrogens (tertiary/aromatic N) is 3. The first-order valence-corrected chi connectivity index (χ1v) is 9.38. The Hall–Kier alpha value is -3.04. The van der Waals surface area contributed by atoms with Crippen LogP contribution in [0.5, 0.6) is 5.75 Å². The van der Waals surface area contributed by atoms with Crippen LogP contribution in [0.1, 0.15) is 0 Å². The minimum absolute atomic E-state index is 0.00733. The number of rotatable bonds is 7. The molecule has 0 aliphatic carbocycles. The number of imidazole rings is 1. The maximum atomic E-state index is 12.3. The number of aromatic nitrogens is 2. The number of carbonyl (C=O) groups is 1. The minimum Gasteiger partial charge on any atom is -0.495 e. The van der Waals surface area contributed by atoms with Gasteiger partial charge in [0, 0.05) is 35.2 Å². The van der Waals surface area contributed by atoms with Crippen LogP contribution >= 0.6 is 23.4 Å². The van der Waals surface area contributed by atoms with Crippen molar-refractivity contribution in [2.45, 2.75) is 5.16 Å². The Morgan fingerprint density at radius 3 is 2.75 bits per heavy atom. The molecule has 3 aromatic rings. The van der Waals surface area contributed by atoms with E-state index in [-0.39, 0.29) is 17.3 Å². The summed E-state index contributed by atoms with van der Waals surface area (Å²) in [6.07, 6.45) is 3.32. The van der Waals surface area contributed by atoms with Crippen molar-refractivity contribution in [2.75, 3.05) is 18.2 Å². The van der Waals surface area contributed by atoms with Gasteiger partial charge in [-0.3, -0.25) is 19.5 Å². The lowest BCUT2D eigenvalue weighted by Crippen LogP contribution is -2.15. The third-order valence-corrected chi connectivity index (χ3v) is 4.92. The van der Waals surface area contributed by atoms with Gasteiger partial charge in [-0.2, -0.15) is 0 Å². The number of carbonyl (C=O) groups excluding carboxylic acids is 1. The van der Waals surface area contributed by atoms with E-state index in [1.165, 1.54) is 31.0 Å². The molecule has 0 fully saturated rings. The van der Waals surface area contributed by atoms with Crippen molar-refractivity contribution in [3.63, 3.8) is 0 Å². The summed E-state index contributed by atoms with van der Waals surface area (Å²) in [6, 6.07) is 11.0. The van der Waals surface area contributed by atoms with Crippen LogP contribution in [-0.4, -0.2) is 33.2 Å². The van der Waals surface area contributed by atoms with Gasteiger partial charge in [-0.1, -0.05) is 23.4 Å². The number of ether oxygens (including phenoxy) is 1. The number of halogens is 1. The van der Waals surface area contributed by atoms with Crippen LogP contribution in [0.4, 0.5) is 11.4 Å². The van der Waals surface area contributed by atoms with Gasteiger partial charge >= 0.3 is 0 Å². The number of hydrogen-bond donors (Lipinski definition) is 1. The SMILES string of the molecule is COc1ccc(Cl)cc1NC(=O)CSc1nccn1-c1ccc([N+](=O)[O-])cc1. The topological polar surface area (TPSA) is 99.3 Å². The molecule has 144 valence electrons. The van der Waals surface area contributed by atoms with E-state index in [9.17, 15) is 14.9 Å². The summed E-state index contributed by atoms with van der Waals surface area (Å²) in [5.41, 5.74) is 1.20. The lowest BCUT2D eigenvalue weighted by molar-refractivity contribution is -0.384. The van der Waals surface area contributed by atoms with E-state index in [4.69, 9.17) is 16.3 Å². The molecular weight excluding hydrogens is 404 g/mol. The molecule has 0 saturated carbocycles. The van der Waals surface area contributed by atoms with Gasteiger partial charge in [0.1, 0.15) is 5.75 Å². The first kappa shape index (κ1) is 19.7. The summed E-state index contributed by atoms with van der Waals surface area (Å²) in [5.74, 6) is 0.374. The number of hydrogen-bond acceptors (Lipinski definition) is 6. The van der Waals surface area contributed by atoms with E-state index in [1.54, 1.807) is 47.3 Å². The number of anilines is 1. The zero-order valence-corrected chi connectivity index (χ0v) is 16.2. The van der Waals surface area contributed by atoms with Crippen molar-refractivity contribution >= 4 is 40.6 Å². The molecule has 2 aromatic carbocycles. The third kappa shape index (κ3) is 4.62. The molecule has 1 amide bonds. The predicted molar refractivity (Wildman–Crippen MR) is 108 cm³/mol. The molecular formula is C18H15ClN4O4S. The summed E-state index contributed by atoms with van der Waals surface area (Å²) in [5, 5.41) is 14.6. The monoisotopic (exact) mass is 418 g/mol. The number of benzene rings is 2. The lowest BCUT2D eigenvalue weighted by Gasteiger charge is -2.11. The average molecular weight is 419 g/mol. The van der Waals surface area contributed by atoms with E-state index < -0.39 is 4.92 Å². The first-order valence-electron chi connectivity index (χ1n) is 8.02. The minimum atomic E-state index is -0.457. The highest BCUT2D eigenvalue weighted by molar-refractivity contribution is 7.99. The zero-order chi connectivity index (χ0) is 20.1. The highest BCUT2D eigenvalue weighted by Gasteiger charge is 2.13. The molecule has 1 aromatic heterocycles. The standard InChI is InChI=1S/C18H15ClN4O4S/c1-27-16-7-2-12(19)10-15(16)21-17(24)11-28-18-20-8-9-22(18)13-3-5-14(6-4-13)23(25)26/h2-10H,11H2,1H3,(H,21,24). The van der Waals surface area contributed by atoms with Crippen molar-refractivity contribution in [1.82, 2.24) is 9.55 Å². The Kier molecular flexibility index (Phi) is 6.17. The number of nitro groups is 1. The molecule has 1 heterocycles. The van der Waals surface area contributed by atoms with Crippen molar-refractivity contribution in [1.29, 1.82) is 0 Å². The average Bonchev–Trinajstić information content (AvgIpc) is 3.15. The molecule has 0 radical (unpaired) electrons. The summed E-state index contributed by atoms with van der Waals surface area (Å²) in [7, 11) is 1.51. The molecule has 10 heteroatoms. The van der Waals surface area contributed by atoms with E-state index in [0.717, 1.165) is 0 Å². The zero-order valence-electron chi connectivity index (χ0n) is 14.7. The molecule has 0 saturated heterocycles.